The van der Waals surface area contributed by atoms with Gasteiger partial charge in [-0.25, -0.2) is 4.98 Å². The fourth-order valence-electron chi connectivity index (χ4n) is 4.24. The molecule has 0 aliphatic heterocycles. The van der Waals surface area contributed by atoms with Gasteiger partial charge in [0.15, 0.2) is 5.16 Å². The zero-order chi connectivity index (χ0) is 23.1. The number of aryl methyl sites for hydroxylation is 5. The van der Waals surface area contributed by atoms with Gasteiger partial charge < -0.3 is 5.32 Å². The van der Waals surface area contributed by atoms with Gasteiger partial charge in [-0.05, 0) is 57.2 Å². The van der Waals surface area contributed by atoms with Crippen molar-refractivity contribution in [1.29, 1.82) is 0 Å². The maximum Gasteiger partial charge on any atom is 0.267 e. The molecule has 0 bridgehead atoms. The summed E-state index contributed by atoms with van der Waals surface area (Å²) in [4.78, 5) is 33.4. The standard InChI is InChI=1S/C24H25N5O2S2/c1-14-8-10-16(11-9-14)29-23(31)21-17-6-4-5-7-18(17)33-22(21)26-24(29)32-13-20(30)25-19-12-15(2)27-28(19)3/h8-12H,4-7,13H2,1-3H3,(H,25,30). The van der Waals surface area contributed by atoms with E-state index in [9.17, 15) is 9.59 Å². The molecule has 1 N–H and O–H groups in total. The van der Waals surface area contributed by atoms with E-state index >= 15 is 0 Å². The van der Waals surface area contributed by atoms with Crippen LogP contribution in [0.5, 0.6) is 0 Å². The predicted octanol–water partition coefficient (Wildman–Crippen LogP) is 4.41. The second kappa shape index (κ2) is 8.79. The molecule has 0 radical (unpaired) electrons. The highest BCUT2D eigenvalue weighted by atomic mass is 32.2. The summed E-state index contributed by atoms with van der Waals surface area (Å²) in [7, 11) is 1.79. The topological polar surface area (TPSA) is 81.8 Å². The average molecular weight is 480 g/mol. The monoisotopic (exact) mass is 479 g/mol. The first-order valence-electron chi connectivity index (χ1n) is 11.0. The molecule has 7 nitrogen and oxygen atoms in total. The van der Waals surface area contributed by atoms with E-state index in [4.69, 9.17) is 4.98 Å². The Labute approximate surface area is 199 Å². The van der Waals surface area contributed by atoms with Crippen molar-refractivity contribution < 1.29 is 4.79 Å². The van der Waals surface area contributed by atoms with E-state index in [1.54, 1.807) is 27.6 Å². The third-order valence-corrected chi connectivity index (χ3v) is 7.98. The minimum Gasteiger partial charge on any atom is -0.310 e. The van der Waals surface area contributed by atoms with Crippen LogP contribution in [0, 0.1) is 13.8 Å². The number of hydrogen-bond donors (Lipinski definition) is 1. The third kappa shape index (κ3) is 4.22. The van der Waals surface area contributed by atoms with Gasteiger partial charge >= 0.3 is 0 Å². The molecule has 33 heavy (non-hydrogen) atoms. The second-order valence-electron chi connectivity index (χ2n) is 8.39. The van der Waals surface area contributed by atoms with Gasteiger partial charge in [0.25, 0.3) is 5.56 Å². The molecule has 4 aromatic rings. The maximum absolute atomic E-state index is 13.8. The van der Waals surface area contributed by atoms with Gasteiger partial charge in [-0.1, -0.05) is 29.5 Å². The van der Waals surface area contributed by atoms with Crippen LogP contribution in [-0.4, -0.2) is 31.0 Å². The number of benzene rings is 1. The highest BCUT2D eigenvalue weighted by molar-refractivity contribution is 7.99. The number of hydrogen-bond acceptors (Lipinski definition) is 6. The van der Waals surface area contributed by atoms with E-state index < -0.39 is 0 Å². The molecule has 9 heteroatoms. The lowest BCUT2D eigenvalue weighted by molar-refractivity contribution is -0.113. The number of rotatable bonds is 5. The quantitative estimate of drug-likeness (QED) is 0.339. The molecule has 0 saturated carbocycles. The van der Waals surface area contributed by atoms with Gasteiger partial charge in [-0.3, -0.25) is 18.8 Å². The fourth-order valence-corrected chi connectivity index (χ4v) is 6.36. The normalized spacial score (nSPS) is 13.3. The Morgan fingerprint density at radius 2 is 1.94 bits per heavy atom. The number of anilines is 1. The largest absolute Gasteiger partial charge is 0.310 e. The molecule has 0 atom stereocenters. The van der Waals surface area contributed by atoms with Crippen molar-refractivity contribution in [3.8, 4) is 5.69 Å². The average Bonchev–Trinajstić information content (AvgIpc) is 3.31. The second-order valence-corrected chi connectivity index (χ2v) is 10.4. The van der Waals surface area contributed by atoms with Crippen molar-refractivity contribution in [2.75, 3.05) is 11.1 Å². The summed E-state index contributed by atoms with van der Waals surface area (Å²) in [6.45, 7) is 3.90. The molecular weight excluding hydrogens is 454 g/mol. The van der Waals surface area contributed by atoms with Crippen LogP contribution in [0.15, 0.2) is 40.3 Å². The first-order valence-corrected chi connectivity index (χ1v) is 12.8. The number of carbonyl (C=O) groups excluding carboxylic acids is 1. The number of nitrogens with zero attached hydrogens (tertiary/aromatic N) is 4. The molecule has 0 fully saturated rings. The van der Waals surface area contributed by atoms with E-state index in [-0.39, 0.29) is 17.2 Å². The van der Waals surface area contributed by atoms with Crippen LogP contribution in [0.25, 0.3) is 15.9 Å². The van der Waals surface area contributed by atoms with Gasteiger partial charge in [0.1, 0.15) is 10.6 Å². The van der Waals surface area contributed by atoms with Gasteiger partial charge in [0, 0.05) is 18.0 Å². The Balaban J connectivity index is 1.53. The summed E-state index contributed by atoms with van der Waals surface area (Å²) < 4.78 is 3.30. The molecular formula is C24H25N5O2S2. The van der Waals surface area contributed by atoms with E-state index in [2.05, 4.69) is 10.4 Å². The predicted molar refractivity (Wildman–Crippen MR) is 134 cm³/mol. The minimum absolute atomic E-state index is 0.0478. The summed E-state index contributed by atoms with van der Waals surface area (Å²) >= 11 is 2.90. The molecule has 5 rings (SSSR count). The van der Waals surface area contributed by atoms with Crippen LogP contribution >= 0.6 is 23.1 Å². The molecule has 0 spiro atoms. The van der Waals surface area contributed by atoms with E-state index in [1.807, 2.05) is 44.2 Å². The Morgan fingerprint density at radius 1 is 1.18 bits per heavy atom. The number of nitrogens with one attached hydrogen (secondary N) is 1. The summed E-state index contributed by atoms with van der Waals surface area (Å²) in [6.07, 6.45) is 4.20. The SMILES string of the molecule is Cc1ccc(-n2c(SCC(=O)Nc3cc(C)nn3C)nc3sc4c(c3c2=O)CCCC4)cc1. The van der Waals surface area contributed by atoms with Crippen LogP contribution in [0.1, 0.15) is 34.5 Å². The molecule has 1 aliphatic carbocycles. The van der Waals surface area contributed by atoms with Crippen LogP contribution in [0.4, 0.5) is 5.82 Å². The van der Waals surface area contributed by atoms with Crippen LogP contribution < -0.4 is 10.9 Å². The van der Waals surface area contributed by atoms with Crippen LogP contribution in [-0.2, 0) is 24.7 Å². The fraction of sp³-hybridized carbons (Fsp3) is 0.333. The van der Waals surface area contributed by atoms with Crippen molar-refractivity contribution in [2.24, 2.45) is 7.05 Å². The molecule has 1 amide bonds. The summed E-state index contributed by atoms with van der Waals surface area (Å²) in [6, 6.07) is 9.67. The first-order chi connectivity index (χ1) is 15.9. The van der Waals surface area contributed by atoms with Crippen molar-refractivity contribution >= 4 is 45.0 Å². The number of amides is 1. The number of thioether (sulfide) groups is 1. The Morgan fingerprint density at radius 3 is 2.67 bits per heavy atom. The molecule has 3 aromatic heterocycles. The Bertz CT molecular complexity index is 1420. The lowest BCUT2D eigenvalue weighted by Gasteiger charge is -2.14. The van der Waals surface area contributed by atoms with Crippen molar-refractivity contribution in [3.63, 3.8) is 0 Å². The summed E-state index contributed by atoms with van der Waals surface area (Å²) in [5.74, 6) is 0.612. The van der Waals surface area contributed by atoms with Gasteiger partial charge in [-0.15, -0.1) is 11.3 Å². The Kier molecular flexibility index (Phi) is 5.84. The van der Waals surface area contributed by atoms with Gasteiger partial charge in [-0.2, -0.15) is 5.10 Å². The molecule has 0 saturated heterocycles. The van der Waals surface area contributed by atoms with Gasteiger partial charge in [0.05, 0.1) is 22.5 Å². The third-order valence-electron chi connectivity index (χ3n) is 5.85. The minimum atomic E-state index is -0.168. The number of aromatic nitrogens is 4. The van der Waals surface area contributed by atoms with E-state index in [0.717, 1.165) is 52.8 Å². The van der Waals surface area contributed by atoms with Crippen molar-refractivity contribution in [3.05, 3.63) is 62.4 Å². The number of thiophene rings is 1. The number of fused-ring (bicyclic) bond motifs is 3. The lowest BCUT2D eigenvalue weighted by Crippen LogP contribution is -2.23. The van der Waals surface area contributed by atoms with Crippen molar-refractivity contribution in [1.82, 2.24) is 19.3 Å². The van der Waals surface area contributed by atoms with Crippen LogP contribution in [0.2, 0.25) is 0 Å². The molecule has 170 valence electrons. The van der Waals surface area contributed by atoms with Crippen molar-refractivity contribution in [2.45, 2.75) is 44.7 Å². The number of carbonyl (C=O) groups is 1. The highest BCUT2D eigenvalue weighted by Crippen LogP contribution is 2.35. The summed E-state index contributed by atoms with van der Waals surface area (Å²) in [5, 5.41) is 8.43. The van der Waals surface area contributed by atoms with E-state index in [0.29, 0.717) is 11.0 Å². The maximum atomic E-state index is 13.8. The summed E-state index contributed by atoms with van der Waals surface area (Å²) in [5.41, 5.74) is 3.84. The smallest absolute Gasteiger partial charge is 0.267 e. The molecule has 3 heterocycles. The Hall–Kier alpha value is -2.91. The molecule has 1 aliphatic rings. The zero-order valence-corrected chi connectivity index (χ0v) is 20.5. The van der Waals surface area contributed by atoms with Crippen LogP contribution in [0.3, 0.4) is 0 Å². The molecule has 0 unspecified atom stereocenters. The zero-order valence-electron chi connectivity index (χ0n) is 18.8. The lowest BCUT2D eigenvalue weighted by atomic mass is 9.97. The first kappa shape index (κ1) is 21.9. The highest BCUT2D eigenvalue weighted by Gasteiger charge is 2.23. The van der Waals surface area contributed by atoms with Gasteiger partial charge in [0.2, 0.25) is 5.91 Å². The van der Waals surface area contributed by atoms with E-state index in [1.165, 1.54) is 22.2 Å². The molecule has 1 aromatic carbocycles.